The van der Waals surface area contributed by atoms with Crippen molar-refractivity contribution in [2.45, 2.75) is 6.61 Å². The predicted molar refractivity (Wildman–Crippen MR) is 125 cm³/mol. The smallest absolute Gasteiger partial charge is 0.257 e. The molecule has 9 heteroatoms. The van der Waals surface area contributed by atoms with E-state index in [0.29, 0.717) is 0 Å². The van der Waals surface area contributed by atoms with Crippen LogP contribution in [0.3, 0.4) is 0 Å². The first-order chi connectivity index (χ1) is 14.9. The normalized spacial score (nSPS) is 10.3. The number of amides is 1. The summed E-state index contributed by atoms with van der Waals surface area (Å²) in [6.45, 7) is 0.127. The highest BCUT2D eigenvalue weighted by Crippen LogP contribution is 2.24. The Morgan fingerprint density at radius 2 is 1.68 bits per heavy atom. The molecular weight excluding hydrogens is 457 g/mol. The Kier molecular flexibility index (Phi) is 7.94. The number of ether oxygens (including phenoxy) is 1. The second kappa shape index (κ2) is 10.9. The molecule has 0 saturated heterocycles. The minimum atomic E-state index is -0.460. The number of thiocarbonyl (C=S) groups is 1. The summed E-state index contributed by atoms with van der Waals surface area (Å²) in [5.41, 5.74) is 1.39. The van der Waals surface area contributed by atoms with E-state index >= 15 is 0 Å². The van der Waals surface area contributed by atoms with Gasteiger partial charge < -0.3 is 15.4 Å². The number of pyridine rings is 1. The standard InChI is InChI=1S/C22H17Cl2N3O3S/c23-16-9-5-4-8-15(16)21(29)20-17(10-11-18(24)27-20)26-19(28)12-25-22(31)30-13-14-6-2-1-3-7-14/h1-11H,12-13H2,(H,25,31)(H,26,28). The van der Waals surface area contributed by atoms with Crippen molar-refractivity contribution in [3.05, 3.63) is 93.7 Å². The second-order valence-corrected chi connectivity index (χ2v) is 7.47. The van der Waals surface area contributed by atoms with Gasteiger partial charge in [0.1, 0.15) is 17.5 Å². The van der Waals surface area contributed by atoms with E-state index in [2.05, 4.69) is 15.6 Å². The molecule has 2 N–H and O–H groups in total. The van der Waals surface area contributed by atoms with Gasteiger partial charge >= 0.3 is 0 Å². The number of rotatable bonds is 7. The molecule has 3 aromatic rings. The van der Waals surface area contributed by atoms with Crippen molar-refractivity contribution in [1.29, 1.82) is 0 Å². The predicted octanol–water partition coefficient (Wildman–Crippen LogP) is 4.65. The Balaban J connectivity index is 1.62. The van der Waals surface area contributed by atoms with Gasteiger partial charge in [0.2, 0.25) is 11.7 Å². The number of nitrogens with one attached hydrogen (secondary N) is 2. The monoisotopic (exact) mass is 473 g/mol. The van der Waals surface area contributed by atoms with Crippen LogP contribution in [-0.2, 0) is 16.1 Å². The first-order valence-corrected chi connectivity index (χ1v) is 10.3. The highest BCUT2D eigenvalue weighted by molar-refractivity contribution is 7.80. The van der Waals surface area contributed by atoms with E-state index < -0.39 is 11.7 Å². The summed E-state index contributed by atoms with van der Waals surface area (Å²) >= 11 is 17.2. The van der Waals surface area contributed by atoms with Crippen molar-refractivity contribution < 1.29 is 14.3 Å². The number of benzene rings is 2. The molecule has 158 valence electrons. The Bertz CT molecular complexity index is 1110. The fourth-order valence-electron chi connectivity index (χ4n) is 2.60. The summed E-state index contributed by atoms with van der Waals surface area (Å²) in [6.07, 6.45) is 0. The van der Waals surface area contributed by atoms with Crippen LogP contribution in [0.15, 0.2) is 66.7 Å². The Morgan fingerprint density at radius 1 is 0.968 bits per heavy atom. The lowest BCUT2D eigenvalue weighted by Crippen LogP contribution is -2.33. The summed E-state index contributed by atoms with van der Waals surface area (Å²) in [5, 5.41) is 5.82. The molecule has 0 radical (unpaired) electrons. The largest absolute Gasteiger partial charge is 0.466 e. The van der Waals surface area contributed by atoms with Crippen molar-refractivity contribution in [3.63, 3.8) is 0 Å². The maximum Gasteiger partial charge on any atom is 0.257 e. The van der Waals surface area contributed by atoms with Gasteiger partial charge in [0.15, 0.2) is 0 Å². The number of hydrogen-bond donors (Lipinski definition) is 2. The lowest BCUT2D eigenvalue weighted by molar-refractivity contribution is -0.115. The van der Waals surface area contributed by atoms with Crippen molar-refractivity contribution in [3.8, 4) is 0 Å². The topological polar surface area (TPSA) is 80.3 Å². The number of nitrogens with zero attached hydrogens (tertiary/aromatic N) is 1. The average Bonchev–Trinajstić information content (AvgIpc) is 2.78. The van der Waals surface area contributed by atoms with Crippen LogP contribution >= 0.6 is 35.4 Å². The van der Waals surface area contributed by atoms with E-state index in [-0.39, 0.29) is 45.4 Å². The van der Waals surface area contributed by atoms with Gasteiger partial charge in [0, 0.05) is 5.56 Å². The van der Waals surface area contributed by atoms with Crippen LogP contribution in [0.25, 0.3) is 0 Å². The van der Waals surface area contributed by atoms with E-state index in [0.717, 1.165) is 5.56 Å². The number of anilines is 1. The van der Waals surface area contributed by atoms with Gasteiger partial charge in [0.05, 0.1) is 17.3 Å². The van der Waals surface area contributed by atoms with Gasteiger partial charge in [0.25, 0.3) is 5.17 Å². The Hall–Kier alpha value is -3.00. The van der Waals surface area contributed by atoms with Crippen molar-refractivity contribution >= 4 is 58.0 Å². The fourth-order valence-corrected chi connectivity index (χ4v) is 3.10. The molecule has 0 aliphatic rings. The summed E-state index contributed by atoms with van der Waals surface area (Å²) < 4.78 is 5.42. The number of ketones is 1. The molecule has 3 rings (SSSR count). The van der Waals surface area contributed by atoms with Crippen molar-refractivity contribution in [2.24, 2.45) is 0 Å². The molecule has 2 aromatic carbocycles. The number of hydrogen-bond acceptors (Lipinski definition) is 5. The fraction of sp³-hybridized carbons (Fsp3) is 0.0909. The Morgan fingerprint density at radius 3 is 2.42 bits per heavy atom. The summed E-state index contributed by atoms with van der Waals surface area (Å²) in [4.78, 5) is 29.3. The zero-order chi connectivity index (χ0) is 22.2. The van der Waals surface area contributed by atoms with Crippen LogP contribution in [0.4, 0.5) is 5.69 Å². The minimum absolute atomic E-state index is 0.0168. The zero-order valence-corrected chi connectivity index (χ0v) is 18.4. The third-order valence-corrected chi connectivity index (χ3v) is 4.88. The van der Waals surface area contributed by atoms with Crippen LogP contribution in [0, 0.1) is 0 Å². The van der Waals surface area contributed by atoms with Gasteiger partial charge in [-0.05, 0) is 42.0 Å². The molecule has 0 aliphatic heterocycles. The summed E-state index contributed by atoms with van der Waals surface area (Å²) in [7, 11) is 0. The molecule has 0 fully saturated rings. The third-order valence-electron chi connectivity index (χ3n) is 4.07. The van der Waals surface area contributed by atoms with E-state index in [1.807, 2.05) is 30.3 Å². The maximum absolute atomic E-state index is 12.9. The van der Waals surface area contributed by atoms with Crippen LogP contribution in [0.1, 0.15) is 21.6 Å². The molecule has 6 nitrogen and oxygen atoms in total. The zero-order valence-electron chi connectivity index (χ0n) is 16.1. The second-order valence-electron chi connectivity index (χ2n) is 6.30. The van der Waals surface area contributed by atoms with Crippen LogP contribution in [0.5, 0.6) is 0 Å². The average molecular weight is 474 g/mol. The molecule has 1 amide bonds. The third kappa shape index (κ3) is 6.49. The highest BCUT2D eigenvalue weighted by atomic mass is 35.5. The number of carbonyl (C=O) groups is 2. The molecule has 0 spiro atoms. The quantitative estimate of drug-likeness (QED) is 0.295. The van der Waals surface area contributed by atoms with Crippen LogP contribution < -0.4 is 10.6 Å². The van der Waals surface area contributed by atoms with Gasteiger partial charge in [-0.2, -0.15) is 0 Å². The van der Waals surface area contributed by atoms with Crippen LogP contribution in [0.2, 0.25) is 10.2 Å². The highest BCUT2D eigenvalue weighted by Gasteiger charge is 2.20. The Labute approximate surface area is 194 Å². The van der Waals surface area contributed by atoms with Crippen LogP contribution in [-0.4, -0.2) is 28.4 Å². The summed E-state index contributed by atoms with van der Waals surface area (Å²) in [5.74, 6) is -0.902. The van der Waals surface area contributed by atoms with E-state index in [1.165, 1.54) is 12.1 Å². The molecule has 0 unspecified atom stereocenters. The van der Waals surface area contributed by atoms with Gasteiger partial charge in [-0.3, -0.25) is 9.59 Å². The van der Waals surface area contributed by atoms with Crippen molar-refractivity contribution in [2.75, 3.05) is 11.9 Å². The minimum Gasteiger partial charge on any atom is -0.466 e. The molecule has 0 bridgehead atoms. The number of halogens is 2. The van der Waals surface area contributed by atoms with E-state index in [4.69, 9.17) is 40.2 Å². The molecule has 31 heavy (non-hydrogen) atoms. The molecule has 0 aliphatic carbocycles. The van der Waals surface area contributed by atoms with Gasteiger partial charge in [-0.1, -0.05) is 65.7 Å². The lowest BCUT2D eigenvalue weighted by Gasteiger charge is -2.12. The van der Waals surface area contributed by atoms with Gasteiger partial charge in [-0.15, -0.1) is 0 Å². The molecule has 0 atom stereocenters. The maximum atomic E-state index is 12.9. The van der Waals surface area contributed by atoms with E-state index in [1.54, 1.807) is 24.3 Å². The number of carbonyl (C=O) groups excluding carboxylic acids is 2. The van der Waals surface area contributed by atoms with E-state index in [9.17, 15) is 9.59 Å². The lowest BCUT2D eigenvalue weighted by atomic mass is 10.1. The van der Waals surface area contributed by atoms with Crippen molar-refractivity contribution in [1.82, 2.24) is 10.3 Å². The number of aromatic nitrogens is 1. The van der Waals surface area contributed by atoms with Gasteiger partial charge in [-0.25, -0.2) is 4.98 Å². The first kappa shape index (κ1) is 22.7. The first-order valence-electron chi connectivity index (χ1n) is 9.14. The SMILES string of the molecule is O=C(CNC(=S)OCc1ccccc1)Nc1ccc(Cl)nc1C(=O)c1ccccc1Cl. The molecular formula is C22H17Cl2N3O3S. The molecule has 0 saturated carbocycles. The molecule has 1 heterocycles. The summed E-state index contributed by atoms with van der Waals surface area (Å²) in [6, 6.07) is 19.0. The molecule has 1 aromatic heterocycles.